The maximum Gasteiger partial charge on any atom is 0.331 e. The van der Waals surface area contributed by atoms with Crippen LogP contribution in [0.15, 0.2) is 34.3 Å². The van der Waals surface area contributed by atoms with Crippen LogP contribution in [0.1, 0.15) is 27.2 Å². The van der Waals surface area contributed by atoms with Gasteiger partial charge >= 0.3 is 5.97 Å². The van der Waals surface area contributed by atoms with Gasteiger partial charge in [-0.2, -0.15) is 0 Å². The third-order valence-corrected chi connectivity index (χ3v) is 3.18. The highest BCUT2D eigenvalue weighted by molar-refractivity contribution is 6.24. The molecule has 0 saturated carbocycles. The van der Waals surface area contributed by atoms with Crippen molar-refractivity contribution in [2.75, 3.05) is 27.9 Å². The van der Waals surface area contributed by atoms with E-state index in [1.807, 2.05) is 13.8 Å². The van der Waals surface area contributed by atoms with Gasteiger partial charge in [-0.15, -0.1) is 0 Å². The average molecular weight is 340 g/mol. The number of carboxylic acid groups (broad SMARTS) is 1. The summed E-state index contributed by atoms with van der Waals surface area (Å²) < 4.78 is 14.7. The van der Waals surface area contributed by atoms with Crippen LogP contribution in [0.2, 0.25) is 0 Å². The molecular weight excluding hydrogens is 316 g/mol. The maximum absolute atomic E-state index is 12.4. The molecular formula is C17H24O7. The first kappa shape index (κ1) is 21.6. The van der Waals surface area contributed by atoms with E-state index in [0.717, 1.165) is 0 Å². The Morgan fingerprint density at radius 3 is 1.96 bits per heavy atom. The molecule has 0 heterocycles. The van der Waals surface area contributed by atoms with Gasteiger partial charge in [0, 0.05) is 30.2 Å². The Morgan fingerprint density at radius 2 is 1.54 bits per heavy atom. The van der Waals surface area contributed by atoms with Gasteiger partial charge < -0.3 is 19.3 Å². The highest BCUT2D eigenvalue weighted by Crippen LogP contribution is 2.27. The number of carbonyl (C=O) groups excluding carboxylic acids is 2. The van der Waals surface area contributed by atoms with Crippen molar-refractivity contribution in [3.8, 4) is 0 Å². The molecule has 1 N–H and O–H groups in total. The van der Waals surface area contributed by atoms with Gasteiger partial charge in [0.25, 0.3) is 0 Å². The number of carboxylic acids is 1. The number of ketones is 2. The van der Waals surface area contributed by atoms with Gasteiger partial charge in [-0.05, 0) is 13.0 Å². The quantitative estimate of drug-likeness (QED) is 0.559. The second-order valence-electron chi connectivity index (χ2n) is 4.48. The van der Waals surface area contributed by atoms with E-state index in [1.54, 1.807) is 0 Å². The van der Waals surface area contributed by atoms with Crippen LogP contribution < -0.4 is 0 Å². The van der Waals surface area contributed by atoms with E-state index in [4.69, 9.17) is 14.2 Å². The molecule has 24 heavy (non-hydrogen) atoms. The summed E-state index contributed by atoms with van der Waals surface area (Å²) in [6, 6.07) is 0. The molecule has 0 spiro atoms. The van der Waals surface area contributed by atoms with Crippen LogP contribution in [-0.4, -0.2) is 50.6 Å². The Bertz CT molecular complexity index is 594. The van der Waals surface area contributed by atoms with Crippen LogP contribution in [0.3, 0.4) is 0 Å². The van der Waals surface area contributed by atoms with Crippen LogP contribution in [-0.2, 0) is 28.6 Å². The van der Waals surface area contributed by atoms with Crippen LogP contribution in [0.25, 0.3) is 0 Å². The molecule has 134 valence electrons. The van der Waals surface area contributed by atoms with E-state index in [0.29, 0.717) is 0 Å². The van der Waals surface area contributed by atoms with Gasteiger partial charge in [-0.25, -0.2) is 4.79 Å². The maximum atomic E-state index is 12.4. The SMILES string of the molecule is CC.COCC/C(=C\C1=C(C)C(=O)C(OC)=C(OC)C1=O)C(=O)O. The molecule has 0 bridgehead atoms. The molecule has 0 saturated heterocycles. The minimum Gasteiger partial charge on any atom is -0.489 e. The van der Waals surface area contributed by atoms with Crippen molar-refractivity contribution in [2.45, 2.75) is 27.2 Å². The Balaban J connectivity index is 0.00000254. The fourth-order valence-electron chi connectivity index (χ4n) is 1.96. The number of hydrogen-bond donors (Lipinski definition) is 1. The first-order valence-electron chi connectivity index (χ1n) is 7.44. The lowest BCUT2D eigenvalue weighted by molar-refractivity contribution is -0.133. The number of allylic oxidation sites excluding steroid dienone is 3. The van der Waals surface area contributed by atoms with Gasteiger partial charge in [-0.3, -0.25) is 9.59 Å². The molecule has 0 aliphatic heterocycles. The first-order valence-corrected chi connectivity index (χ1v) is 7.44. The molecule has 0 aromatic rings. The molecule has 1 rings (SSSR count). The van der Waals surface area contributed by atoms with Crippen molar-refractivity contribution < 1.29 is 33.7 Å². The van der Waals surface area contributed by atoms with Crippen molar-refractivity contribution in [1.82, 2.24) is 0 Å². The van der Waals surface area contributed by atoms with E-state index in [1.165, 1.54) is 34.3 Å². The molecule has 0 radical (unpaired) electrons. The molecule has 0 aromatic carbocycles. The lowest BCUT2D eigenvalue weighted by Gasteiger charge is -2.19. The standard InChI is InChI=1S/C15H18O7.C2H6/c1-8-10(7-9(15(18)19)5-6-20-2)12(17)14(22-4)13(21-3)11(8)16;1-2/h7H,5-6H2,1-4H3,(H,18,19);1-2H3/b9-7+;. The molecule has 0 unspecified atom stereocenters. The third-order valence-electron chi connectivity index (χ3n) is 3.18. The zero-order valence-electron chi connectivity index (χ0n) is 14.9. The summed E-state index contributed by atoms with van der Waals surface area (Å²) in [4.78, 5) is 35.8. The number of methoxy groups -OCH3 is 3. The number of aliphatic carboxylic acids is 1. The van der Waals surface area contributed by atoms with Crippen LogP contribution in [0, 0.1) is 0 Å². The summed E-state index contributed by atoms with van der Waals surface area (Å²) in [6.45, 7) is 5.62. The first-order chi connectivity index (χ1) is 11.4. The average Bonchev–Trinajstić information content (AvgIpc) is 2.58. The van der Waals surface area contributed by atoms with Gasteiger partial charge in [0.2, 0.25) is 23.1 Å². The minimum absolute atomic E-state index is 0.0175. The molecule has 0 amide bonds. The van der Waals surface area contributed by atoms with Gasteiger partial charge in [-0.1, -0.05) is 13.8 Å². The number of rotatable bonds is 7. The van der Waals surface area contributed by atoms with Gasteiger partial charge in [0.1, 0.15) is 0 Å². The second-order valence-corrected chi connectivity index (χ2v) is 4.48. The van der Waals surface area contributed by atoms with E-state index >= 15 is 0 Å². The molecule has 0 fully saturated rings. The van der Waals surface area contributed by atoms with Crippen LogP contribution >= 0.6 is 0 Å². The number of ether oxygens (including phenoxy) is 3. The van der Waals surface area contributed by atoms with Crippen molar-refractivity contribution >= 4 is 17.5 Å². The van der Waals surface area contributed by atoms with Crippen molar-refractivity contribution in [3.63, 3.8) is 0 Å². The smallest absolute Gasteiger partial charge is 0.331 e. The largest absolute Gasteiger partial charge is 0.489 e. The van der Waals surface area contributed by atoms with Crippen LogP contribution in [0.5, 0.6) is 0 Å². The molecule has 7 heteroatoms. The monoisotopic (exact) mass is 340 g/mol. The zero-order chi connectivity index (χ0) is 18.9. The zero-order valence-corrected chi connectivity index (χ0v) is 14.9. The van der Waals surface area contributed by atoms with Gasteiger partial charge in [0.05, 0.1) is 20.8 Å². The molecule has 0 aromatic heterocycles. The van der Waals surface area contributed by atoms with E-state index in [9.17, 15) is 19.5 Å². The van der Waals surface area contributed by atoms with E-state index in [2.05, 4.69) is 0 Å². The molecule has 1 aliphatic carbocycles. The predicted molar refractivity (Wildman–Crippen MR) is 87.3 cm³/mol. The molecule has 0 atom stereocenters. The summed E-state index contributed by atoms with van der Waals surface area (Å²) in [5.74, 6) is -2.70. The summed E-state index contributed by atoms with van der Waals surface area (Å²) in [5.41, 5.74) is 0.0589. The summed E-state index contributed by atoms with van der Waals surface area (Å²) in [6.07, 6.45) is 1.29. The number of carbonyl (C=O) groups is 3. The molecule has 1 aliphatic rings. The Hall–Kier alpha value is -2.41. The van der Waals surface area contributed by atoms with Crippen LogP contribution in [0.4, 0.5) is 0 Å². The summed E-state index contributed by atoms with van der Waals surface area (Å²) in [7, 11) is 3.94. The van der Waals surface area contributed by atoms with Crippen molar-refractivity contribution in [1.29, 1.82) is 0 Å². The molecule has 7 nitrogen and oxygen atoms in total. The van der Waals surface area contributed by atoms with E-state index in [-0.39, 0.29) is 41.3 Å². The lowest BCUT2D eigenvalue weighted by atomic mass is 9.91. The Labute approximate surface area is 141 Å². The van der Waals surface area contributed by atoms with E-state index < -0.39 is 17.5 Å². The number of hydrogen-bond acceptors (Lipinski definition) is 6. The summed E-state index contributed by atoms with van der Waals surface area (Å²) in [5, 5.41) is 9.18. The normalized spacial score (nSPS) is 15.2. The summed E-state index contributed by atoms with van der Waals surface area (Å²) >= 11 is 0. The fraction of sp³-hybridized carbons (Fsp3) is 0.471. The fourth-order valence-corrected chi connectivity index (χ4v) is 1.96. The Kier molecular flexibility index (Phi) is 9.34. The van der Waals surface area contributed by atoms with Gasteiger partial charge in [0.15, 0.2) is 0 Å². The Morgan fingerprint density at radius 1 is 1.04 bits per heavy atom. The predicted octanol–water partition coefficient (Wildman–Crippen LogP) is 2.03. The highest BCUT2D eigenvalue weighted by atomic mass is 16.5. The number of Topliss-reactive ketones (excluding diaryl/α,β-unsaturated/α-hetero) is 2. The lowest BCUT2D eigenvalue weighted by Crippen LogP contribution is -2.24. The minimum atomic E-state index is -1.18. The highest BCUT2D eigenvalue weighted by Gasteiger charge is 2.34. The topological polar surface area (TPSA) is 99.1 Å². The third kappa shape index (κ3) is 4.79. The van der Waals surface area contributed by atoms with Crippen molar-refractivity contribution in [3.05, 3.63) is 34.3 Å². The second kappa shape index (κ2) is 10.4. The van der Waals surface area contributed by atoms with Crippen molar-refractivity contribution in [2.24, 2.45) is 0 Å².